The van der Waals surface area contributed by atoms with Gasteiger partial charge in [-0.15, -0.1) is 0 Å². The summed E-state index contributed by atoms with van der Waals surface area (Å²) in [6, 6.07) is 3.81. The quantitative estimate of drug-likeness (QED) is 0.623. The number of amides is 1. The van der Waals surface area contributed by atoms with Crippen molar-refractivity contribution in [2.45, 2.75) is 20.3 Å². The molecule has 0 fully saturated rings. The average molecular weight is 301 g/mol. The number of aliphatic hydroxyl groups is 1. The second-order valence-electron chi connectivity index (χ2n) is 4.93. The molecule has 0 saturated carbocycles. The lowest BCUT2D eigenvalue weighted by molar-refractivity contribution is -0.384. The molecule has 110 valence electrons. The van der Waals surface area contributed by atoms with Crippen molar-refractivity contribution in [3.8, 4) is 0 Å². The van der Waals surface area contributed by atoms with Gasteiger partial charge in [0.15, 0.2) is 0 Å². The third-order valence-electron chi connectivity index (χ3n) is 3.32. The van der Waals surface area contributed by atoms with Crippen LogP contribution in [0, 0.1) is 15.5 Å². The molecule has 1 amide bonds. The first-order valence-corrected chi connectivity index (χ1v) is 6.54. The van der Waals surface area contributed by atoms with Crippen LogP contribution in [0.15, 0.2) is 18.2 Å². The fraction of sp³-hybridized carbons (Fsp3) is 0.462. The van der Waals surface area contributed by atoms with Gasteiger partial charge in [0.2, 0.25) is 0 Å². The van der Waals surface area contributed by atoms with E-state index in [2.05, 4.69) is 5.32 Å². The van der Waals surface area contributed by atoms with Crippen LogP contribution in [0.4, 0.5) is 5.69 Å². The van der Waals surface area contributed by atoms with E-state index < -0.39 is 4.92 Å². The molecule has 7 heteroatoms. The number of hydrogen-bond acceptors (Lipinski definition) is 4. The van der Waals surface area contributed by atoms with Crippen LogP contribution in [0.3, 0.4) is 0 Å². The number of nitrogens with zero attached hydrogens (tertiary/aromatic N) is 1. The minimum atomic E-state index is -0.607. The number of benzene rings is 1. The van der Waals surface area contributed by atoms with Crippen molar-refractivity contribution in [2.75, 3.05) is 13.2 Å². The SMILES string of the molecule is CC[C@](C)(CO)CNC(=O)c1ccc([N+](=O)[O-])c(Cl)c1. The molecule has 0 aliphatic rings. The van der Waals surface area contributed by atoms with Crippen molar-refractivity contribution in [1.29, 1.82) is 0 Å². The zero-order valence-corrected chi connectivity index (χ0v) is 12.1. The molecule has 0 aliphatic heterocycles. The molecule has 0 aromatic heterocycles. The van der Waals surface area contributed by atoms with Gasteiger partial charge in [0.1, 0.15) is 5.02 Å². The zero-order valence-electron chi connectivity index (χ0n) is 11.4. The maximum atomic E-state index is 11.9. The maximum Gasteiger partial charge on any atom is 0.287 e. The Morgan fingerprint density at radius 3 is 2.65 bits per heavy atom. The third-order valence-corrected chi connectivity index (χ3v) is 3.62. The number of carbonyl (C=O) groups is 1. The minimum absolute atomic E-state index is 0.0369. The summed E-state index contributed by atoms with van der Waals surface area (Å²) < 4.78 is 0. The Labute approximate surface area is 121 Å². The highest BCUT2D eigenvalue weighted by Gasteiger charge is 2.22. The van der Waals surface area contributed by atoms with Crippen LogP contribution in [0.2, 0.25) is 5.02 Å². The summed E-state index contributed by atoms with van der Waals surface area (Å²) >= 11 is 5.75. The zero-order chi connectivity index (χ0) is 15.3. The van der Waals surface area contributed by atoms with E-state index in [4.69, 9.17) is 11.6 Å². The fourth-order valence-corrected chi connectivity index (χ4v) is 1.73. The summed E-state index contributed by atoms with van der Waals surface area (Å²) in [5.74, 6) is -0.380. The van der Waals surface area contributed by atoms with Gasteiger partial charge < -0.3 is 10.4 Å². The van der Waals surface area contributed by atoms with Crippen molar-refractivity contribution in [3.05, 3.63) is 38.9 Å². The Morgan fingerprint density at radius 1 is 1.55 bits per heavy atom. The molecule has 1 aromatic rings. The molecule has 20 heavy (non-hydrogen) atoms. The van der Waals surface area contributed by atoms with Crippen LogP contribution in [0.5, 0.6) is 0 Å². The Balaban J connectivity index is 2.79. The monoisotopic (exact) mass is 300 g/mol. The van der Waals surface area contributed by atoms with E-state index in [0.29, 0.717) is 13.0 Å². The van der Waals surface area contributed by atoms with E-state index in [1.54, 1.807) is 0 Å². The topological polar surface area (TPSA) is 92.5 Å². The number of rotatable bonds is 6. The highest BCUT2D eigenvalue weighted by atomic mass is 35.5. The molecule has 1 aromatic carbocycles. The van der Waals surface area contributed by atoms with Crippen LogP contribution in [-0.2, 0) is 0 Å². The Bertz CT molecular complexity index is 515. The molecule has 2 N–H and O–H groups in total. The molecular formula is C13H17ClN2O4. The molecule has 0 saturated heterocycles. The predicted octanol–water partition coefficient (Wildman–Crippen LogP) is 2.39. The molecular weight excluding hydrogens is 284 g/mol. The fourth-order valence-electron chi connectivity index (χ4n) is 1.48. The Morgan fingerprint density at radius 2 is 2.20 bits per heavy atom. The molecule has 1 rings (SSSR count). The van der Waals surface area contributed by atoms with E-state index in [9.17, 15) is 20.0 Å². The second-order valence-corrected chi connectivity index (χ2v) is 5.34. The van der Waals surface area contributed by atoms with Gasteiger partial charge >= 0.3 is 0 Å². The van der Waals surface area contributed by atoms with E-state index >= 15 is 0 Å². The van der Waals surface area contributed by atoms with Crippen LogP contribution in [0.1, 0.15) is 30.6 Å². The van der Waals surface area contributed by atoms with Crippen molar-refractivity contribution >= 4 is 23.2 Å². The summed E-state index contributed by atoms with van der Waals surface area (Å²) in [4.78, 5) is 22.0. The first kappa shape index (κ1) is 16.4. The van der Waals surface area contributed by atoms with Gasteiger partial charge in [-0.1, -0.05) is 25.4 Å². The van der Waals surface area contributed by atoms with E-state index in [1.807, 2.05) is 13.8 Å². The van der Waals surface area contributed by atoms with E-state index in [0.717, 1.165) is 0 Å². The number of halogens is 1. The molecule has 0 unspecified atom stereocenters. The molecule has 0 radical (unpaired) electrons. The summed E-state index contributed by atoms with van der Waals surface area (Å²) in [5.41, 5.74) is -0.380. The maximum absolute atomic E-state index is 11.9. The molecule has 0 spiro atoms. The van der Waals surface area contributed by atoms with Gasteiger partial charge in [-0.05, 0) is 18.6 Å². The lowest BCUT2D eigenvalue weighted by atomic mass is 9.88. The second kappa shape index (κ2) is 6.67. The predicted molar refractivity (Wildman–Crippen MR) is 75.9 cm³/mol. The summed E-state index contributed by atoms with van der Waals surface area (Å²) in [6.45, 7) is 4.06. The number of nitro groups is 1. The van der Waals surface area contributed by atoms with Crippen molar-refractivity contribution in [1.82, 2.24) is 5.32 Å². The van der Waals surface area contributed by atoms with Crippen LogP contribution in [-0.4, -0.2) is 29.1 Å². The molecule has 0 aliphatic carbocycles. The van der Waals surface area contributed by atoms with Crippen molar-refractivity contribution < 1.29 is 14.8 Å². The first-order valence-electron chi connectivity index (χ1n) is 6.16. The van der Waals surface area contributed by atoms with Gasteiger partial charge in [0, 0.05) is 23.6 Å². The Kier molecular flexibility index (Phi) is 5.47. The molecule has 6 nitrogen and oxygen atoms in total. The number of carbonyl (C=O) groups excluding carboxylic acids is 1. The first-order chi connectivity index (χ1) is 9.33. The van der Waals surface area contributed by atoms with Gasteiger partial charge in [0.05, 0.1) is 11.5 Å². The van der Waals surface area contributed by atoms with E-state index in [1.165, 1.54) is 18.2 Å². The van der Waals surface area contributed by atoms with Gasteiger partial charge in [-0.2, -0.15) is 0 Å². The average Bonchev–Trinajstić information content (AvgIpc) is 2.43. The normalized spacial score (nSPS) is 13.6. The highest BCUT2D eigenvalue weighted by molar-refractivity contribution is 6.33. The van der Waals surface area contributed by atoms with Crippen molar-refractivity contribution in [2.24, 2.45) is 5.41 Å². The van der Waals surface area contributed by atoms with Gasteiger partial charge in [0.25, 0.3) is 11.6 Å². The van der Waals surface area contributed by atoms with E-state index in [-0.39, 0.29) is 34.2 Å². The molecule has 0 heterocycles. The lowest BCUT2D eigenvalue weighted by Crippen LogP contribution is -2.37. The summed E-state index contributed by atoms with van der Waals surface area (Å²) in [5, 5.41) is 22.5. The largest absolute Gasteiger partial charge is 0.396 e. The van der Waals surface area contributed by atoms with Crippen LogP contribution >= 0.6 is 11.6 Å². The summed E-state index contributed by atoms with van der Waals surface area (Å²) in [6.07, 6.45) is 0.713. The smallest absolute Gasteiger partial charge is 0.287 e. The number of nitro benzene ring substituents is 1. The number of hydrogen-bond donors (Lipinski definition) is 2. The number of nitrogens with one attached hydrogen (secondary N) is 1. The lowest BCUT2D eigenvalue weighted by Gasteiger charge is -2.25. The third kappa shape index (κ3) is 3.91. The van der Waals surface area contributed by atoms with Gasteiger partial charge in [-0.3, -0.25) is 14.9 Å². The standard InChI is InChI=1S/C13H17ClN2O4/c1-3-13(2,8-17)7-15-12(18)9-4-5-11(16(19)20)10(14)6-9/h4-6,17H,3,7-8H2,1-2H3,(H,15,18)/t13-/m0/s1. The van der Waals surface area contributed by atoms with Crippen LogP contribution < -0.4 is 5.32 Å². The number of aliphatic hydroxyl groups excluding tert-OH is 1. The minimum Gasteiger partial charge on any atom is -0.396 e. The highest BCUT2D eigenvalue weighted by Crippen LogP contribution is 2.25. The summed E-state index contributed by atoms with van der Waals surface area (Å²) in [7, 11) is 0. The molecule has 1 atom stereocenters. The molecule has 0 bridgehead atoms. The van der Waals surface area contributed by atoms with Crippen molar-refractivity contribution in [3.63, 3.8) is 0 Å². The van der Waals surface area contributed by atoms with Crippen LogP contribution in [0.25, 0.3) is 0 Å². The van der Waals surface area contributed by atoms with Gasteiger partial charge in [-0.25, -0.2) is 0 Å². The Hall–Kier alpha value is -1.66.